The van der Waals surface area contributed by atoms with E-state index in [2.05, 4.69) is 27.3 Å². The second-order valence-corrected chi connectivity index (χ2v) is 3.34. The van der Waals surface area contributed by atoms with Gasteiger partial charge < -0.3 is 5.32 Å². The summed E-state index contributed by atoms with van der Waals surface area (Å²) in [7, 11) is 1.76. The summed E-state index contributed by atoms with van der Waals surface area (Å²) >= 11 is 0. The third-order valence-electron chi connectivity index (χ3n) is 2.22. The van der Waals surface area contributed by atoms with E-state index in [9.17, 15) is 0 Å². The van der Waals surface area contributed by atoms with Gasteiger partial charge in [-0.05, 0) is 16.3 Å². The molecule has 1 aromatic heterocycles. The summed E-state index contributed by atoms with van der Waals surface area (Å²) in [6, 6.07) is 8.08. The fraction of sp³-hybridized carbons (Fsp3) is 0.182. The van der Waals surface area contributed by atoms with Crippen LogP contribution in [0.25, 0.3) is 6.08 Å². The molecule has 0 aliphatic rings. The van der Waals surface area contributed by atoms with Crippen LogP contribution in [0.5, 0.6) is 0 Å². The zero-order chi connectivity index (χ0) is 11.4. The first-order valence-electron chi connectivity index (χ1n) is 4.99. The summed E-state index contributed by atoms with van der Waals surface area (Å²) < 4.78 is 0. The molecule has 0 atom stereocenters. The lowest BCUT2D eigenvalue weighted by Gasteiger charge is -2.00. The van der Waals surface area contributed by atoms with E-state index in [1.807, 2.05) is 30.3 Å². The van der Waals surface area contributed by atoms with Gasteiger partial charge in [-0.15, -0.1) is 5.10 Å². The molecule has 1 heterocycles. The largest absolute Gasteiger partial charge is 0.355 e. The Hall–Kier alpha value is -2.17. The smallest absolute Gasteiger partial charge is 0.263 e. The molecular formula is C11H13N5. The first kappa shape index (κ1) is 10.4. The Morgan fingerprint density at radius 2 is 2.12 bits per heavy atom. The van der Waals surface area contributed by atoms with Crippen molar-refractivity contribution in [2.75, 3.05) is 12.4 Å². The molecule has 16 heavy (non-hydrogen) atoms. The van der Waals surface area contributed by atoms with Gasteiger partial charge in [0.15, 0.2) is 0 Å². The quantitative estimate of drug-likeness (QED) is 0.837. The normalized spacial score (nSPS) is 10.1. The zero-order valence-electron chi connectivity index (χ0n) is 9.09. The van der Waals surface area contributed by atoms with Crippen LogP contribution in [0.3, 0.4) is 0 Å². The standard InChI is InChI=1S/C11H13N5/c1-3-9-4-6-10(7-5-9)8-16-14-11(12-2)13-15-16/h3-7H,1,8H2,2H3,(H,12,14). The van der Waals surface area contributed by atoms with Crippen LogP contribution in [0.15, 0.2) is 30.8 Å². The maximum absolute atomic E-state index is 4.13. The van der Waals surface area contributed by atoms with Gasteiger partial charge in [0.1, 0.15) is 0 Å². The minimum Gasteiger partial charge on any atom is -0.355 e. The fourth-order valence-electron chi connectivity index (χ4n) is 1.33. The van der Waals surface area contributed by atoms with Crippen LogP contribution in [0.2, 0.25) is 0 Å². The van der Waals surface area contributed by atoms with Crippen LogP contribution in [0.1, 0.15) is 11.1 Å². The highest BCUT2D eigenvalue weighted by Crippen LogP contribution is 2.06. The van der Waals surface area contributed by atoms with Crippen LogP contribution in [0, 0.1) is 0 Å². The van der Waals surface area contributed by atoms with Gasteiger partial charge in [0.05, 0.1) is 6.54 Å². The lowest BCUT2D eigenvalue weighted by atomic mass is 10.1. The summed E-state index contributed by atoms with van der Waals surface area (Å²) in [6.45, 7) is 4.33. The maximum atomic E-state index is 4.13. The van der Waals surface area contributed by atoms with Gasteiger partial charge >= 0.3 is 0 Å². The number of tetrazole rings is 1. The number of nitrogens with one attached hydrogen (secondary N) is 1. The predicted molar refractivity (Wildman–Crippen MR) is 63.0 cm³/mol. The van der Waals surface area contributed by atoms with Crippen molar-refractivity contribution in [3.05, 3.63) is 42.0 Å². The summed E-state index contributed by atoms with van der Waals surface area (Å²) in [5.41, 5.74) is 2.23. The average Bonchev–Trinajstić information content (AvgIpc) is 2.78. The van der Waals surface area contributed by atoms with Gasteiger partial charge in [-0.1, -0.05) is 42.0 Å². The van der Waals surface area contributed by atoms with Crippen molar-refractivity contribution in [3.63, 3.8) is 0 Å². The van der Waals surface area contributed by atoms with Crippen molar-refractivity contribution in [1.82, 2.24) is 20.2 Å². The second kappa shape index (κ2) is 4.57. The Balaban J connectivity index is 2.10. The highest BCUT2D eigenvalue weighted by molar-refractivity contribution is 5.47. The topological polar surface area (TPSA) is 55.6 Å². The van der Waals surface area contributed by atoms with E-state index in [0.29, 0.717) is 12.5 Å². The zero-order valence-corrected chi connectivity index (χ0v) is 9.09. The molecule has 5 heteroatoms. The van der Waals surface area contributed by atoms with E-state index >= 15 is 0 Å². The Bertz CT molecular complexity index is 471. The minimum absolute atomic E-state index is 0.530. The van der Waals surface area contributed by atoms with Crippen LogP contribution < -0.4 is 5.32 Å². The van der Waals surface area contributed by atoms with E-state index in [4.69, 9.17) is 0 Å². The molecule has 0 aliphatic heterocycles. The first-order chi connectivity index (χ1) is 7.81. The van der Waals surface area contributed by atoms with Crippen molar-refractivity contribution >= 4 is 12.0 Å². The average molecular weight is 215 g/mol. The number of hydrogen-bond donors (Lipinski definition) is 1. The molecular weight excluding hydrogens is 202 g/mol. The van der Waals surface area contributed by atoms with Crippen molar-refractivity contribution in [2.45, 2.75) is 6.54 Å². The van der Waals surface area contributed by atoms with Gasteiger partial charge in [-0.2, -0.15) is 4.80 Å². The first-order valence-corrected chi connectivity index (χ1v) is 4.99. The molecule has 1 N–H and O–H groups in total. The molecule has 2 rings (SSSR count). The number of benzene rings is 1. The van der Waals surface area contributed by atoms with Gasteiger partial charge in [0.25, 0.3) is 5.95 Å². The van der Waals surface area contributed by atoms with E-state index in [0.717, 1.165) is 11.1 Å². The van der Waals surface area contributed by atoms with Crippen LogP contribution in [0.4, 0.5) is 5.95 Å². The number of rotatable bonds is 4. The summed E-state index contributed by atoms with van der Waals surface area (Å²) in [6.07, 6.45) is 1.82. The van der Waals surface area contributed by atoms with Crippen molar-refractivity contribution in [2.24, 2.45) is 0 Å². The molecule has 1 aromatic carbocycles. The predicted octanol–water partition coefficient (Wildman–Crippen LogP) is 1.41. The van der Waals surface area contributed by atoms with E-state index in [-0.39, 0.29) is 0 Å². The Morgan fingerprint density at radius 3 is 2.69 bits per heavy atom. The Morgan fingerprint density at radius 1 is 1.38 bits per heavy atom. The Kier molecular flexibility index (Phi) is 2.95. The molecule has 0 amide bonds. The molecule has 0 saturated heterocycles. The molecule has 0 unspecified atom stereocenters. The third kappa shape index (κ3) is 2.25. The minimum atomic E-state index is 0.530. The molecule has 5 nitrogen and oxygen atoms in total. The van der Waals surface area contributed by atoms with Crippen molar-refractivity contribution in [1.29, 1.82) is 0 Å². The molecule has 0 saturated carbocycles. The van der Waals surface area contributed by atoms with E-state index in [1.54, 1.807) is 11.8 Å². The van der Waals surface area contributed by atoms with Crippen LogP contribution >= 0.6 is 0 Å². The van der Waals surface area contributed by atoms with Crippen LogP contribution in [-0.2, 0) is 6.54 Å². The van der Waals surface area contributed by atoms with Gasteiger partial charge in [0.2, 0.25) is 0 Å². The number of hydrogen-bond acceptors (Lipinski definition) is 4. The van der Waals surface area contributed by atoms with Gasteiger partial charge in [-0.25, -0.2) is 0 Å². The highest BCUT2D eigenvalue weighted by Gasteiger charge is 2.00. The Labute approximate surface area is 93.8 Å². The third-order valence-corrected chi connectivity index (χ3v) is 2.22. The fourth-order valence-corrected chi connectivity index (χ4v) is 1.33. The molecule has 0 bridgehead atoms. The summed E-state index contributed by atoms with van der Waals surface area (Å²) in [5, 5.41) is 14.7. The lowest BCUT2D eigenvalue weighted by molar-refractivity contribution is 0.573. The van der Waals surface area contributed by atoms with Crippen molar-refractivity contribution in [3.8, 4) is 0 Å². The lowest BCUT2D eigenvalue weighted by Crippen LogP contribution is -2.04. The molecule has 0 aliphatic carbocycles. The van der Waals surface area contributed by atoms with Gasteiger partial charge in [-0.3, -0.25) is 0 Å². The van der Waals surface area contributed by atoms with Gasteiger partial charge in [0, 0.05) is 7.05 Å². The summed E-state index contributed by atoms with van der Waals surface area (Å²) in [4.78, 5) is 1.55. The monoisotopic (exact) mass is 215 g/mol. The second-order valence-electron chi connectivity index (χ2n) is 3.34. The van der Waals surface area contributed by atoms with E-state index in [1.165, 1.54) is 0 Å². The van der Waals surface area contributed by atoms with Crippen molar-refractivity contribution < 1.29 is 0 Å². The number of aromatic nitrogens is 4. The highest BCUT2D eigenvalue weighted by atomic mass is 15.6. The number of nitrogens with zero attached hydrogens (tertiary/aromatic N) is 4. The molecule has 0 spiro atoms. The molecule has 82 valence electrons. The molecule has 0 fully saturated rings. The maximum Gasteiger partial charge on any atom is 0.263 e. The van der Waals surface area contributed by atoms with Crippen LogP contribution in [-0.4, -0.2) is 27.3 Å². The number of anilines is 1. The SMILES string of the molecule is C=Cc1ccc(Cn2nnc(NC)n2)cc1. The summed E-state index contributed by atoms with van der Waals surface area (Å²) in [5.74, 6) is 0.530. The molecule has 2 aromatic rings. The molecule has 0 radical (unpaired) electrons. The van der Waals surface area contributed by atoms with E-state index < -0.39 is 0 Å².